The maximum absolute atomic E-state index is 12.4. The molecule has 1 aliphatic carbocycles. The summed E-state index contributed by atoms with van der Waals surface area (Å²) in [5.74, 6) is 3.91. The molecule has 0 radical (unpaired) electrons. The highest BCUT2D eigenvalue weighted by Gasteiger charge is 2.23. The standard InChI is InChI=1S/C27H32Cl2N2O4S/c1-36(2,3)15-14-19-16-24(12-13-25(19)29)35-18-27(33)31-22-8-6-21(7-9-22)30-26(32)17-34-23-10-4-20(28)5-11-23/h4-5,10-13,16,21-22H,6-9,17-18H2,1-3H3,(H,30,32)(H,31,33)/t21-,22-. The molecule has 2 aromatic carbocycles. The van der Waals surface area contributed by atoms with Crippen molar-refractivity contribution in [1.29, 1.82) is 0 Å². The molecule has 0 bridgehead atoms. The van der Waals surface area contributed by atoms with Gasteiger partial charge in [-0.15, -0.1) is 0 Å². The molecule has 9 heteroatoms. The van der Waals surface area contributed by atoms with Gasteiger partial charge in [0.15, 0.2) is 13.2 Å². The van der Waals surface area contributed by atoms with E-state index in [4.69, 9.17) is 32.7 Å². The minimum atomic E-state index is -0.979. The number of carbonyl (C=O) groups is 2. The summed E-state index contributed by atoms with van der Waals surface area (Å²) in [4.78, 5) is 24.6. The molecule has 1 fully saturated rings. The lowest BCUT2D eigenvalue weighted by molar-refractivity contribution is -0.125. The molecule has 6 nitrogen and oxygen atoms in total. The Kier molecular flexibility index (Phi) is 10.2. The van der Waals surface area contributed by atoms with Gasteiger partial charge in [0.1, 0.15) is 11.5 Å². The maximum Gasteiger partial charge on any atom is 0.258 e. The largest absolute Gasteiger partial charge is 0.484 e. The molecule has 36 heavy (non-hydrogen) atoms. The zero-order valence-corrected chi connectivity index (χ0v) is 23.1. The fourth-order valence-electron chi connectivity index (χ4n) is 3.65. The van der Waals surface area contributed by atoms with Crippen molar-refractivity contribution in [3.8, 4) is 22.7 Å². The number of nitrogens with one attached hydrogen (secondary N) is 2. The van der Waals surface area contributed by atoms with Gasteiger partial charge >= 0.3 is 0 Å². The smallest absolute Gasteiger partial charge is 0.258 e. The summed E-state index contributed by atoms with van der Waals surface area (Å²) in [5.41, 5.74) is 0.691. The third-order valence-corrected chi connectivity index (χ3v) is 6.74. The Labute approximate surface area is 224 Å². The van der Waals surface area contributed by atoms with E-state index in [0.29, 0.717) is 27.1 Å². The highest BCUT2D eigenvalue weighted by molar-refractivity contribution is 8.35. The van der Waals surface area contributed by atoms with Gasteiger partial charge in [-0.2, -0.15) is 10.0 Å². The molecule has 0 heterocycles. The van der Waals surface area contributed by atoms with E-state index in [1.807, 2.05) is 0 Å². The predicted molar refractivity (Wildman–Crippen MR) is 148 cm³/mol. The summed E-state index contributed by atoms with van der Waals surface area (Å²) in [7, 11) is -0.979. The summed E-state index contributed by atoms with van der Waals surface area (Å²) in [6.45, 7) is -0.136. The summed E-state index contributed by atoms with van der Waals surface area (Å²) in [5, 5.41) is 10.4. The number of benzene rings is 2. The van der Waals surface area contributed by atoms with Crippen molar-refractivity contribution >= 4 is 45.0 Å². The van der Waals surface area contributed by atoms with Crippen LogP contribution in [-0.2, 0) is 9.59 Å². The Bertz CT molecular complexity index is 1120. The Morgan fingerprint density at radius 2 is 1.36 bits per heavy atom. The van der Waals surface area contributed by atoms with Crippen molar-refractivity contribution in [2.75, 3.05) is 32.0 Å². The van der Waals surface area contributed by atoms with Crippen LogP contribution in [0.5, 0.6) is 11.5 Å². The Morgan fingerprint density at radius 3 is 1.89 bits per heavy atom. The Balaban J connectivity index is 1.37. The Morgan fingerprint density at radius 1 is 0.861 bits per heavy atom. The van der Waals surface area contributed by atoms with Crippen LogP contribution < -0.4 is 20.1 Å². The van der Waals surface area contributed by atoms with Gasteiger partial charge < -0.3 is 20.1 Å². The fraction of sp³-hybridized carbons (Fsp3) is 0.407. The van der Waals surface area contributed by atoms with E-state index >= 15 is 0 Å². The average Bonchev–Trinajstić information content (AvgIpc) is 2.83. The van der Waals surface area contributed by atoms with Gasteiger partial charge in [-0.25, -0.2) is 0 Å². The molecule has 0 aromatic heterocycles. The van der Waals surface area contributed by atoms with Crippen LogP contribution in [0.1, 0.15) is 31.2 Å². The van der Waals surface area contributed by atoms with Crippen molar-refractivity contribution in [1.82, 2.24) is 10.6 Å². The molecule has 2 N–H and O–H groups in total. The van der Waals surface area contributed by atoms with Crippen molar-refractivity contribution in [3.63, 3.8) is 0 Å². The first kappa shape index (κ1) is 28.0. The average molecular weight is 552 g/mol. The van der Waals surface area contributed by atoms with Crippen LogP contribution in [-0.4, -0.2) is 55.9 Å². The second-order valence-electron chi connectivity index (χ2n) is 9.42. The van der Waals surface area contributed by atoms with Crippen LogP contribution in [0, 0.1) is 11.2 Å². The molecule has 2 aromatic rings. The first-order valence-electron chi connectivity index (χ1n) is 11.7. The first-order valence-corrected chi connectivity index (χ1v) is 15.3. The summed E-state index contributed by atoms with van der Waals surface area (Å²) in [6.07, 6.45) is 9.46. The number of halogens is 2. The number of hydrogen-bond donors (Lipinski definition) is 2. The summed E-state index contributed by atoms with van der Waals surface area (Å²) < 4.78 is 11.2. The van der Waals surface area contributed by atoms with Gasteiger partial charge in [0, 0.05) is 22.7 Å². The third kappa shape index (κ3) is 9.85. The van der Waals surface area contributed by atoms with Crippen molar-refractivity contribution < 1.29 is 19.1 Å². The predicted octanol–water partition coefficient (Wildman–Crippen LogP) is 5.00. The number of amides is 2. The monoisotopic (exact) mass is 550 g/mol. The van der Waals surface area contributed by atoms with Gasteiger partial charge in [0.2, 0.25) is 0 Å². The van der Waals surface area contributed by atoms with Gasteiger partial charge in [0.05, 0.1) is 5.02 Å². The number of ether oxygens (including phenoxy) is 2. The highest BCUT2D eigenvalue weighted by Crippen LogP contribution is 2.33. The van der Waals surface area contributed by atoms with Crippen LogP contribution in [0.4, 0.5) is 0 Å². The first-order chi connectivity index (χ1) is 17.1. The van der Waals surface area contributed by atoms with E-state index < -0.39 is 10.0 Å². The van der Waals surface area contributed by atoms with E-state index in [1.165, 1.54) is 0 Å². The molecule has 0 unspecified atom stereocenters. The number of carbonyl (C=O) groups excluding carboxylic acids is 2. The molecule has 194 valence electrons. The second kappa shape index (κ2) is 13.1. The lowest BCUT2D eigenvalue weighted by atomic mass is 9.91. The van der Waals surface area contributed by atoms with Gasteiger partial charge in [-0.1, -0.05) is 29.1 Å². The quantitative estimate of drug-likeness (QED) is 0.453. The normalized spacial score (nSPS) is 17.8. The zero-order valence-electron chi connectivity index (χ0n) is 20.7. The zero-order chi connectivity index (χ0) is 26.1. The third-order valence-electron chi connectivity index (χ3n) is 5.44. The van der Waals surface area contributed by atoms with Crippen molar-refractivity contribution in [2.24, 2.45) is 0 Å². The van der Waals surface area contributed by atoms with E-state index in [9.17, 15) is 9.59 Å². The molecule has 2 amide bonds. The molecule has 0 atom stereocenters. The fourth-order valence-corrected chi connectivity index (χ4v) is 4.35. The van der Waals surface area contributed by atoms with Crippen molar-refractivity contribution in [3.05, 3.63) is 58.1 Å². The highest BCUT2D eigenvalue weighted by atomic mass is 35.5. The van der Waals surface area contributed by atoms with Gasteiger partial charge in [-0.3, -0.25) is 9.59 Å². The van der Waals surface area contributed by atoms with Gasteiger partial charge in [0.25, 0.3) is 11.8 Å². The van der Waals surface area contributed by atoms with E-state index in [-0.39, 0.29) is 37.1 Å². The molecular formula is C27H32Cl2N2O4S. The van der Waals surface area contributed by atoms with Crippen LogP contribution in [0.25, 0.3) is 0 Å². The van der Waals surface area contributed by atoms with E-state index in [2.05, 4.69) is 40.6 Å². The minimum Gasteiger partial charge on any atom is -0.484 e. The second-order valence-corrected chi connectivity index (χ2v) is 14.1. The number of hydrogen-bond acceptors (Lipinski definition) is 4. The molecule has 0 spiro atoms. The van der Waals surface area contributed by atoms with E-state index in [0.717, 1.165) is 25.7 Å². The molecule has 0 saturated heterocycles. The van der Waals surface area contributed by atoms with Gasteiger partial charge in [-0.05, 0) is 92.2 Å². The molecular weight excluding hydrogens is 519 g/mol. The molecule has 3 rings (SSSR count). The van der Waals surface area contributed by atoms with E-state index in [1.54, 1.807) is 42.5 Å². The van der Waals surface area contributed by atoms with Crippen LogP contribution >= 0.6 is 33.2 Å². The molecule has 1 saturated carbocycles. The lowest BCUT2D eigenvalue weighted by Crippen LogP contribution is -2.45. The topological polar surface area (TPSA) is 76.7 Å². The number of rotatable bonds is 8. The maximum atomic E-state index is 12.4. The van der Waals surface area contributed by atoms with Crippen LogP contribution in [0.3, 0.4) is 0 Å². The van der Waals surface area contributed by atoms with Crippen LogP contribution in [0.15, 0.2) is 42.5 Å². The summed E-state index contributed by atoms with van der Waals surface area (Å²) in [6, 6.07) is 12.2. The Hall–Kier alpha value is -2.53. The van der Waals surface area contributed by atoms with Crippen molar-refractivity contribution in [2.45, 2.75) is 37.8 Å². The molecule has 0 aliphatic heterocycles. The lowest BCUT2D eigenvalue weighted by Gasteiger charge is -2.29. The SMILES string of the molecule is CS(C)(C)C#Cc1cc(OCC(=O)N[C@H]2CC[C@H](NC(=O)COc3ccc(Cl)cc3)CC2)ccc1Cl. The van der Waals surface area contributed by atoms with Crippen LogP contribution in [0.2, 0.25) is 10.0 Å². The summed E-state index contributed by atoms with van der Waals surface area (Å²) >= 11 is 12.1. The minimum absolute atomic E-state index is 0.0506. The molecule has 1 aliphatic rings.